The first-order valence-corrected chi connectivity index (χ1v) is 10.4. The molecule has 2 aromatic carbocycles. The predicted molar refractivity (Wildman–Crippen MR) is 103 cm³/mol. The highest BCUT2D eigenvalue weighted by Gasteiger charge is 2.30. The van der Waals surface area contributed by atoms with Gasteiger partial charge in [0.25, 0.3) is 5.91 Å². The van der Waals surface area contributed by atoms with Gasteiger partial charge < -0.3 is 10.6 Å². The zero-order valence-electron chi connectivity index (χ0n) is 15.5. The highest BCUT2D eigenvalue weighted by Crippen LogP contribution is 2.30. The number of hydrogen-bond donors (Lipinski definition) is 3. The SMILES string of the molecule is O=C(Nc1ccc(S(=O)(=O)NCC(F)(F)F)cc1)c1ccc(NC(=O)C2CC2)cc1. The Morgan fingerprint density at radius 3 is 1.97 bits per heavy atom. The van der Waals surface area contributed by atoms with Gasteiger partial charge in [-0.2, -0.15) is 13.2 Å². The van der Waals surface area contributed by atoms with E-state index in [1.165, 1.54) is 29.0 Å². The summed E-state index contributed by atoms with van der Waals surface area (Å²) in [6.45, 7) is -1.68. The summed E-state index contributed by atoms with van der Waals surface area (Å²) in [7, 11) is -4.32. The Labute approximate surface area is 170 Å². The third kappa shape index (κ3) is 6.04. The lowest BCUT2D eigenvalue weighted by Gasteiger charge is -2.10. The summed E-state index contributed by atoms with van der Waals surface area (Å²) < 4.78 is 61.8. The average molecular weight is 441 g/mol. The fourth-order valence-electron chi connectivity index (χ4n) is 2.48. The molecule has 1 aliphatic carbocycles. The van der Waals surface area contributed by atoms with Crippen LogP contribution in [-0.2, 0) is 14.8 Å². The van der Waals surface area contributed by atoms with Crippen LogP contribution in [0.4, 0.5) is 24.5 Å². The molecule has 1 saturated carbocycles. The Kier molecular flexibility index (Phi) is 6.13. The van der Waals surface area contributed by atoms with Gasteiger partial charge in [0, 0.05) is 22.9 Å². The van der Waals surface area contributed by atoms with Gasteiger partial charge in [-0.25, -0.2) is 13.1 Å². The molecule has 0 aromatic heterocycles. The maximum absolute atomic E-state index is 12.3. The first kappa shape index (κ1) is 21.8. The van der Waals surface area contributed by atoms with Crippen molar-refractivity contribution < 1.29 is 31.2 Å². The molecule has 0 atom stereocenters. The molecule has 2 aromatic rings. The van der Waals surface area contributed by atoms with Gasteiger partial charge in [-0.15, -0.1) is 0 Å². The quantitative estimate of drug-likeness (QED) is 0.614. The fraction of sp³-hybridized carbons (Fsp3) is 0.263. The summed E-state index contributed by atoms with van der Waals surface area (Å²) in [4.78, 5) is 23.7. The van der Waals surface area contributed by atoms with Crippen LogP contribution in [0.2, 0.25) is 0 Å². The van der Waals surface area contributed by atoms with Gasteiger partial charge in [-0.05, 0) is 61.4 Å². The number of rotatable bonds is 7. The second-order valence-electron chi connectivity index (χ2n) is 6.76. The number of nitrogens with one attached hydrogen (secondary N) is 3. The number of sulfonamides is 1. The molecule has 0 bridgehead atoms. The molecule has 160 valence electrons. The van der Waals surface area contributed by atoms with E-state index >= 15 is 0 Å². The Hall–Kier alpha value is -2.92. The van der Waals surface area contributed by atoms with Crippen molar-refractivity contribution in [3.8, 4) is 0 Å². The van der Waals surface area contributed by atoms with Crippen LogP contribution in [0.3, 0.4) is 0 Å². The smallest absolute Gasteiger partial charge is 0.326 e. The van der Waals surface area contributed by atoms with Crippen LogP contribution in [0, 0.1) is 5.92 Å². The third-order valence-electron chi connectivity index (χ3n) is 4.25. The topological polar surface area (TPSA) is 104 Å². The van der Waals surface area contributed by atoms with Gasteiger partial charge in [0.2, 0.25) is 15.9 Å². The van der Waals surface area contributed by atoms with E-state index in [0.717, 1.165) is 25.0 Å². The molecule has 0 radical (unpaired) electrons. The van der Waals surface area contributed by atoms with E-state index in [1.807, 2.05) is 0 Å². The number of alkyl halides is 3. The van der Waals surface area contributed by atoms with E-state index in [0.29, 0.717) is 11.3 Å². The van der Waals surface area contributed by atoms with Crippen molar-refractivity contribution >= 4 is 33.2 Å². The average Bonchev–Trinajstić information content (AvgIpc) is 3.52. The van der Waals surface area contributed by atoms with Crippen molar-refractivity contribution in [2.75, 3.05) is 17.2 Å². The summed E-state index contributed by atoms with van der Waals surface area (Å²) in [6.07, 6.45) is -2.91. The minimum Gasteiger partial charge on any atom is -0.326 e. The van der Waals surface area contributed by atoms with Crippen molar-refractivity contribution in [1.29, 1.82) is 0 Å². The molecule has 0 spiro atoms. The highest BCUT2D eigenvalue weighted by molar-refractivity contribution is 7.89. The van der Waals surface area contributed by atoms with Gasteiger partial charge in [-0.1, -0.05) is 0 Å². The normalized spacial score (nSPS) is 14.2. The maximum Gasteiger partial charge on any atom is 0.402 e. The molecule has 1 aliphatic rings. The molecule has 0 heterocycles. The predicted octanol–water partition coefficient (Wildman–Crippen LogP) is 3.13. The standard InChI is InChI=1S/C19H18F3N3O4S/c20-19(21,22)11-23-30(28,29)16-9-7-15(8-10-16)25-18(27)13-3-5-14(6-4-13)24-17(26)12-1-2-12/h3-10,12,23H,1-2,11H2,(H,24,26)(H,25,27). The largest absolute Gasteiger partial charge is 0.402 e. The zero-order chi connectivity index (χ0) is 21.9. The van der Waals surface area contributed by atoms with E-state index in [1.54, 1.807) is 12.1 Å². The van der Waals surface area contributed by atoms with Crippen molar-refractivity contribution in [1.82, 2.24) is 4.72 Å². The van der Waals surface area contributed by atoms with Crippen molar-refractivity contribution in [3.63, 3.8) is 0 Å². The summed E-state index contributed by atoms with van der Waals surface area (Å²) in [5.74, 6) is -0.462. The van der Waals surface area contributed by atoms with E-state index in [9.17, 15) is 31.2 Å². The number of halogens is 3. The van der Waals surface area contributed by atoms with Crippen LogP contribution >= 0.6 is 0 Å². The van der Waals surface area contributed by atoms with E-state index in [-0.39, 0.29) is 22.4 Å². The second kappa shape index (κ2) is 8.44. The molecule has 3 rings (SSSR count). The lowest BCUT2D eigenvalue weighted by molar-refractivity contribution is -0.121. The second-order valence-corrected chi connectivity index (χ2v) is 8.53. The monoisotopic (exact) mass is 441 g/mol. The molecule has 0 aliphatic heterocycles. The molecule has 3 N–H and O–H groups in total. The van der Waals surface area contributed by atoms with Crippen LogP contribution in [0.15, 0.2) is 53.4 Å². The summed E-state index contributed by atoms with van der Waals surface area (Å²) in [5.41, 5.74) is 1.15. The number of amides is 2. The maximum atomic E-state index is 12.3. The van der Waals surface area contributed by atoms with Gasteiger partial charge >= 0.3 is 6.18 Å². The molecule has 1 fully saturated rings. The van der Waals surface area contributed by atoms with E-state index in [2.05, 4.69) is 10.6 Å². The minimum atomic E-state index is -4.67. The highest BCUT2D eigenvalue weighted by atomic mass is 32.2. The van der Waals surface area contributed by atoms with Crippen LogP contribution in [-0.4, -0.2) is 33.0 Å². The van der Waals surface area contributed by atoms with Gasteiger partial charge in [0.05, 0.1) is 4.90 Å². The van der Waals surface area contributed by atoms with Crippen LogP contribution in [0.25, 0.3) is 0 Å². The lowest BCUT2D eigenvalue weighted by atomic mass is 10.2. The Morgan fingerprint density at radius 2 is 1.43 bits per heavy atom. The zero-order valence-corrected chi connectivity index (χ0v) is 16.3. The Balaban J connectivity index is 1.59. The van der Waals surface area contributed by atoms with Crippen LogP contribution < -0.4 is 15.4 Å². The number of hydrogen-bond acceptors (Lipinski definition) is 4. The number of carbonyl (C=O) groups excluding carboxylic acids is 2. The van der Waals surface area contributed by atoms with Crippen molar-refractivity contribution in [3.05, 3.63) is 54.1 Å². The molecular formula is C19H18F3N3O4S. The molecule has 0 unspecified atom stereocenters. The molecule has 2 amide bonds. The third-order valence-corrected chi connectivity index (χ3v) is 5.67. The van der Waals surface area contributed by atoms with E-state index < -0.39 is 28.7 Å². The number of anilines is 2. The molecular weight excluding hydrogens is 423 g/mol. The van der Waals surface area contributed by atoms with Crippen LogP contribution in [0.1, 0.15) is 23.2 Å². The molecule has 7 nitrogen and oxygen atoms in total. The first-order valence-electron chi connectivity index (χ1n) is 8.92. The van der Waals surface area contributed by atoms with Crippen molar-refractivity contribution in [2.24, 2.45) is 5.92 Å². The summed E-state index contributed by atoms with van der Waals surface area (Å²) in [6, 6.07) is 11.0. The van der Waals surface area contributed by atoms with Crippen LogP contribution in [0.5, 0.6) is 0 Å². The summed E-state index contributed by atoms with van der Waals surface area (Å²) >= 11 is 0. The van der Waals surface area contributed by atoms with Gasteiger partial charge in [0.15, 0.2) is 0 Å². The molecule has 30 heavy (non-hydrogen) atoms. The lowest BCUT2D eigenvalue weighted by Crippen LogP contribution is -2.33. The fourth-order valence-corrected chi connectivity index (χ4v) is 3.49. The van der Waals surface area contributed by atoms with E-state index in [4.69, 9.17) is 0 Å². The first-order chi connectivity index (χ1) is 14.0. The Morgan fingerprint density at radius 1 is 0.900 bits per heavy atom. The van der Waals surface area contributed by atoms with Gasteiger partial charge in [0.1, 0.15) is 6.54 Å². The number of benzene rings is 2. The summed E-state index contributed by atoms with van der Waals surface area (Å²) in [5, 5.41) is 5.32. The minimum absolute atomic E-state index is 0.0491. The molecule has 11 heteroatoms. The number of carbonyl (C=O) groups is 2. The van der Waals surface area contributed by atoms with Gasteiger partial charge in [-0.3, -0.25) is 9.59 Å². The Bertz CT molecular complexity index is 1030. The molecule has 0 saturated heterocycles. The van der Waals surface area contributed by atoms with Crippen molar-refractivity contribution in [2.45, 2.75) is 23.9 Å².